The Morgan fingerprint density at radius 1 is 1.00 bits per heavy atom. The zero-order chi connectivity index (χ0) is 23.2. The second-order valence-electron chi connectivity index (χ2n) is 7.11. The topological polar surface area (TPSA) is 69.0 Å². The fourth-order valence-corrected chi connectivity index (χ4v) is 4.21. The normalized spacial score (nSPS) is 10.8. The molecule has 0 aliphatic carbocycles. The molecule has 1 N–H and O–H groups in total. The molecule has 0 aliphatic heterocycles. The van der Waals surface area contributed by atoms with Crippen molar-refractivity contribution < 1.29 is 9.53 Å². The number of thioether (sulfide) groups is 1. The summed E-state index contributed by atoms with van der Waals surface area (Å²) in [5, 5.41) is 13.3. The van der Waals surface area contributed by atoms with Crippen molar-refractivity contribution >= 4 is 46.6 Å². The third-order valence-electron chi connectivity index (χ3n) is 4.69. The number of halogens is 2. The molecule has 0 fully saturated rings. The molecule has 0 saturated carbocycles. The summed E-state index contributed by atoms with van der Waals surface area (Å²) in [6.45, 7) is 2.11. The molecule has 1 heterocycles. The molecule has 6 nitrogen and oxygen atoms in total. The average molecular weight is 499 g/mol. The predicted molar refractivity (Wildman–Crippen MR) is 133 cm³/mol. The number of nitrogens with one attached hydrogen (secondary N) is 1. The van der Waals surface area contributed by atoms with Crippen molar-refractivity contribution in [1.29, 1.82) is 0 Å². The van der Waals surface area contributed by atoms with Crippen molar-refractivity contribution in [3.8, 4) is 11.4 Å². The number of rotatable bonds is 8. The highest BCUT2D eigenvalue weighted by atomic mass is 35.5. The number of anilines is 1. The minimum Gasteiger partial charge on any atom is -0.486 e. The Hall–Kier alpha value is -3.00. The summed E-state index contributed by atoms with van der Waals surface area (Å²) >= 11 is 13.3. The lowest BCUT2D eigenvalue weighted by atomic mass is 10.2. The van der Waals surface area contributed by atoms with Crippen molar-refractivity contribution in [3.05, 3.63) is 94.2 Å². The van der Waals surface area contributed by atoms with Gasteiger partial charge in [-0.25, -0.2) is 0 Å². The van der Waals surface area contributed by atoms with Crippen LogP contribution in [0.3, 0.4) is 0 Å². The lowest BCUT2D eigenvalue weighted by Crippen LogP contribution is -2.15. The van der Waals surface area contributed by atoms with Gasteiger partial charge in [-0.15, -0.1) is 10.2 Å². The Kier molecular flexibility index (Phi) is 7.54. The Labute approximate surface area is 205 Å². The SMILES string of the molecule is Cc1cc(Cl)ccc1NC(=O)CSc1nnc(COc2ccccc2)n1-c1ccc(Cl)cc1. The molecule has 1 amide bonds. The summed E-state index contributed by atoms with van der Waals surface area (Å²) in [6, 6.07) is 22.2. The van der Waals surface area contributed by atoms with E-state index in [9.17, 15) is 4.79 Å². The highest BCUT2D eigenvalue weighted by Crippen LogP contribution is 2.25. The van der Waals surface area contributed by atoms with E-state index in [4.69, 9.17) is 27.9 Å². The molecule has 0 unspecified atom stereocenters. The summed E-state index contributed by atoms with van der Waals surface area (Å²) in [6.07, 6.45) is 0. The Morgan fingerprint density at radius 2 is 1.73 bits per heavy atom. The molecule has 9 heteroatoms. The second kappa shape index (κ2) is 10.7. The first-order valence-electron chi connectivity index (χ1n) is 10.1. The minimum atomic E-state index is -0.154. The summed E-state index contributed by atoms with van der Waals surface area (Å²) < 4.78 is 7.74. The number of ether oxygens (including phenoxy) is 1. The van der Waals surface area contributed by atoms with Crippen LogP contribution in [-0.4, -0.2) is 26.4 Å². The maximum absolute atomic E-state index is 12.6. The maximum atomic E-state index is 12.6. The molecular formula is C24H20Cl2N4O2S. The van der Waals surface area contributed by atoms with E-state index < -0.39 is 0 Å². The van der Waals surface area contributed by atoms with Crippen LogP contribution in [0, 0.1) is 6.92 Å². The monoisotopic (exact) mass is 498 g/mol. The molecule has 4 rings (SSSR count). The number of hydrogen-bond donors (Lipinski definition) is 1. The van der Waals surface area contributed by atoms with Crippen LogP contribution >= 0.6 is 35.0 Å². The Balaban J connectivity index is 1.51. The number of nitrogens with zero attached hydrogens (tertiary/aromatic N) is 3. The maximum Gasteiger partial charge on any atom is 0.234 e. The van der Waals surface area contributed by atoms with Crippen LogP contribution in [0.2, 0.25) is 10.0 Å². The van der Waals surface area contributed by atoms with E-state index in [2.05, 4.69) is 15.5 Å². The van der Waals surface area contributed by atoms with E-state index in [0.717, 1.165) is 22.7 Å². The number of para-hydroxylation sites is 1. The van der Waals surface area contributed by atoms with E-state index in [0.29, 0.717) is 21.0 Å². The number of carbonyl (C=O) groups excluding carboxylic acids is 1. The fraction of sp³-hybridized carbons (Fsp3) is 0.125. The largest absolute Gasteiger partial charge is 0.486 e. The van der Waals surface area contributed by atoms with Crippen molar-refractivity contribution in [3.63, 3.8) is 0 Å². The van der Waals surface area contributed by atoms with Crippen molar-refractivity contribution in [1.82, 2.24) is 14.8 Å². The van der Waals surface area contributed by atoms with Crippen molar-refractivity contribution in [2.75, 3.05) is 11.1 Å². The Bertz CT molecular complexity index is 1250. The molecule has 0 atom stereocenters. The quantitative estimate of drug-likeness (QED) is 0.293. The first-order chi connectivity index (χ1) is 16.0. The van der Waals surface area contributed by atoms with Gasteiger partial charge in [-0.3, -0.25) is 9.36 Å². The van der Waals surface area contributed by atoms with Crippen LogP contribution in [0.15, 0.2) is 78.0 Å². The summed E-state index contributed by atoms with van der Waals surface area (Å²) in [5.74, 6) is 1.35. The van der Waals surface area contributed by atoms with Gasteiger partial charge in [-0.05, 0) is 67.1 Å². The van der Waals surface area contributed by atoms with Gasteiger partial charge >= 0.3 is 0 Å². The summed E-state index contributed by atoms with van der Waals surface area (Å²) in [5.41, 5.74) is 2.44. The number of aromatic nitrogens is 3. The molecule has 3 aromatic carbocycles. The number of amides is 1. The molecule has 4 aromatic rings. The molecule has 168 valence electrons. The zero-order valence-electron chi connectivity index (χ0n) is 17.7. The standard InChI is InChI=1S/C24H20Cl2N4O2S/c1-16-13-18(26)9-12-21(16)27-23(31)15-33-24-29-28-22(14-32-20-5-3-2-4-6-20)30(24)19-10-7-17(25)8-11-19/h2-13H,14-15H2,1H3,(H,27,31). The smallest absolute Gasteiger partial charge is 0.234 e. The predicted octanol–water partition coefficient (Wildman–Crippen LogP) is 6.19. The van der Waals surface area contributed by atoms with Gasteiger partial charge in [0.2, 0.25) is 5.91 Å². The fourth-order valence-electron chi connectivity index (χ4n) is 3.09. The molecule has 0 bridgehead atoms. The van der Waals surface area contributed by atoms with Gasteiger partial charge in [0.15, 0.2) is 11.0 Å². The van der Waals surface area contributed by atoms with Crippen LogP contribution in [-0.2, 0) is 11.4 Å². The van der Waals surface area contributed by atoms with Gasteiger partial charge in [0.25, 0.3) is 0 Å². The molecule has 0 spiro atoms. The van der Waals surface area contributed by atoms with Crippen molar-refractivity contribution in [2.24, 2.45) is 0 Å². The summed E-state index contributed by atoms with van der Waals surface area (Å²) in [4.78, 5) is 12.6. The third kappa shape index (κ3) is 6.07. The lowest BCUT2D eigenvalue weighted by molar-refractivity contribution is -0.113. The van der Waals surface area contributed by atoms with Crippen molar-refractivity contribution in [2.45, 2.75) is 18.7 Å². The molecule has 0 radical (unpaired) electrons. The molecule has 33 heavy (non-hydrogen) atoms. The van der Waals surface area contributed by atoms with Crippen LogP contribution in [0.1, 0.15) is 11.4 Å². The highest BCUT2D eigenvalue weighted by molar-refractivity contribution is 7.99. The molecular weight excluding hydrogens is 479 g/mol. The van der Waals surface area contributed by atoms with Gasteiger partial charge < -0.3 is 10.1 Å². The molecule has 0 aliphatic rings. The summed E-state index contributed by atoms with van der Waals surface area (Å²) in [7, 11) is 0. The van der Waals surface area contributed by atoms with Gasteiger partial charge in [-0.1, -0.05) is 53.2 Å². The van der Waals surface area contributed by atoms with Crippen LogP contribution < -0.4 is 10.1 Å². The van der Waals surface area contributed by atoms with Crippen LogP contribution in [0.4, 0.5) is 5.69 Å². The highest BCUT2D eigenvalue weighted by Gasteiger charge is 2.17. The first-order valence-corrected chi connectivity index (χ1v) is 11.8. The number of aryl methyl sites for hydroxylation is 1. The van der Waals surface area contributed by atoms with Gasteiger partial charge in [0.05, 0.1) is 5.75 Å². The van der Waals surface area contributed by atoms with Crippen LogP contribution in [0.5, 0.6) is 5.75 Å². The van der Waals surface area contributed by atoms with Gasteiger partial charge in [0, 0.05) is 21.4 Å². The minimum absolute atomic E-state index is 0.154. The number of benzene rings is 3. The molecule has 0 saturated heterocycles. The van der Waals surface area contributed by atoms with Crippen LogP contribution in [0.25, 0.3) is 5.69 Å². The Morgan fingerprint density at radius 3 is 2.45 bits per heavy atom. The van der Waals surface area contributed by atoms with Gasteiger partial charge in [0.1, 0.15) is 12.4 Å². The zero-order valence-corrected chi connectivity index (χ0v) is 20.0. The second-order valence-corrected chi connectivity index (χ2v) is 8.92. The molecule has 1 aromatic heterocycles. The number of carbonyl (C=O) groups is 1. The number of hydrogen-bond acceptors (Lipinski definition) is 5. The van der Waals surface area contributed by atoms with Gasteiger partial charge in [-0.2, -0.15) is 0 Å². The van der Waals surface area contributed by atoms with E-state index in [1.165, 1.54) is 11.8 Å². The van der Waals surface area contributed by atoms with E-state index >= 15 is 0 Å². The van der Waals surface area contributed by atoms with E-state index in [1.54, 1.807) is 30.3 Å². The first kappa shape index (κ1) is 23.2. The average Bonchev–Trinajstić information content (AvgIpc) is 3.22. The van der Waals surface area contributed by atoms with E-state index in [1.807, 2.05) is 54.0 Å². The van der Waals surface area contributed by atoms with E-state index in [-0.39, 0.29) is 18.3 Å². The third-order valence-corrected chi connectivity index (χ3v) is 6.11. The lowest BCUT2D eigenvalue weighted by Gasteiger charge is -2.12.